The van der Waals surface area contributed by atoms with Gasteiger partial charge < -0.3 is 21.6 Å². The first-order valence-electron chi connectivity index (χ1n) is 4.15. The molecular weight excluding hydrogens is 212 g/mol. The average molecular weight is 224 g/mol. The number of nitrogens with two attached hydrogens (primary N) is 1. The van der Waals surface area contributed by atoms with Gasteiger partial charge in [0.05, 0.1) is 0 Å². The van der Waals surface area contributed by atoms with Gasteiger partial charge in [0.1, 0.15) is 0 Å². The normalized spacial score (nSPS) is 9.50. The van der Waals surface area contributed by atoms with Crippen molar-refractivity contribution >= 4 is 23.3 Å². The molecule has 0 spiro atoms. The molecule has 6 nitrogen and oxygen atoms in total. The largest absolute Gasteiger partial charge is 0.478 e. The van der Waals surface area contributed by atoms with Gasteiger partial charge in [0.2, 0.25) is 5.91 Å². The van der Waals surface area contributed by atoms with Crippen molar-refractivity contribution in [1.29, 1.82) is 0 Å². The van der Waals surface area contributed by atoms with Crippen molar-refractivity contribution in [2.75, 3.05) is 11.1 Å². The van der Waals surface area contributed by atoms with E-state index >= 15 is 0 Å². The summed E-state index contributed by atoms with van der Waals surface area (Å²) in [6, 6.07) is 6.52. The van der Waals surface area contributed by atoms with Gasteiger partial charge in [-0.15, -0.1) is 0 Å². The lowest BCUT2D eigenvalue weighted by Gasteiger charge is -2.01. The third-order valence-electron chi connectivity index (χ3n) is 1.56. The van der Waals surface area contributed by atoms with E-state index in [1.165, 1.54) is 0 Å². The summed E-state index contributed by atoms with van der Waals surface area (Å²) in [4.78, 5) is 21.2. The van der Waals surface area contributed by atoms with Crippen LogP contribution in [0.1, 0.15) is 0 Å². The monoisotopic (exact) mass is 224 g/mol. The molecule has 0 atom stereocenters. The molecule has 6 heteroatoms. The summed E-state index contributed by atoms with van der Waals surface area (Å²) in [5.41, 5.74) is 6.60. The molecule has 0 aliphatic rings. The van der Waals surface area contributed by atoms with Crippen LogP contribution in [0.25, 0.3) is 0 Å². The minimum absolute atomic E-state index is 0. The maximum absolute atomic E-state index is 11.1. The molecule has 0 heterocycles. The highest BCUT2D eigenvalue weighted by atomic mass is 16.4. The van der Waals surface area contributed by atoms with Gasteiger partial charge in [-0.1, -0.05) is 0 Å². The Kier molecular flexibility index (Phi) is 5.29. The molecular formula is C10H12N2O4. The third kappa shape index (κ3) is 4.77. The molecule has 0 aliphatic carbocycles. The second kappa shape index (κ2) is 6.20. The standard InChI is InChI=1S/C10H10N2O3.H2O/c11-7-1-3-8(4-2-7)12-9(13)5-6-10(14)15;/h1-6H,11H2,(H,12,13)(H,14,15);1H2/b6-5-;. The molecule has 0 unspecified atom stereocenters. The van der Waals surface area contributed by atoms with E-state index in [0.29, 0.717) is 11.4 Å². The lowest BCUT2D eigenvalue weighted by Crippen LogP contribution is -2.08. The number of carbonyl (C=O) groups excluding carboxylic acids is 1. The third-order valence-corrected chi connectivity index (χ3v) is 1.56. The number of carboxylic acid groups (broad SMARTS) is 1. The Hall–Kier alpha value is -2.34. The van der Waals surface area contributed by atoms with Gasteiger partial charge in [-0.25, -0.2) is 4.79 Å². The highest BCUT2D eigenvalue weighted by Crippen LogP contribution is 2.10. The second-order valence-electron chi connectivity index (χ2n) is 2.78. The van der Waals surface area contributed by atoms with Crippen LogP contribution in [0.15, 0.2) is 36.4 Å². The van der Waals surface area contributed by atoms with Crippen LogP contribution in [0.2, 0.25) is 0 Å². The summed E-state index contributed by atoms with van der Waals surface area (Å²) in [5, 5.41) is 10.8. The smallest absolute Gasteiger partial charge is 0.328 e. The van der Waals surface area contributed by atoms with Crippen LogP contribution >= 0.6 is 0 Å². The number of aliphatic carboxylic acids is 1. The highest BCUT2D eigenvalue weighted by molar-refractivity contribution is 6.02. The number of hydrogen-bond donors (Lipinski definition) is 3. The molecule has 86 valence electrons. The number of nitrogens with one attached hydrogen (secondary N) is 1. The number of rotatable bonds is 3. The average Bonchev–Trinajstić information content (AvgIpc) is 2.19. The zero-order valence-electron chi connectivity index (χ0n) is 8.31. The van der Waals surface area contributed by atoms with Crippen LogP contribution in [-0.2, 0) is 9.59 Å². The molecule has 0 fully saturated rings. The molecule has 0 bridgehead atoms. The van der Waals surface area contributed by atoms with Crippen molar-refractivity contribution in [1.82, 2.24) is 0 Å². The first-order chi connectivity index (χ1) is 7.08. The van der Waals surface area contributed by atoms with E-state index in [1.54, 1.807) is 24.3 Å². The van der Waals surface area contributed by atoms with E-state index in [2.05, 4.69) is 5.32 Å². The Balaban J connectivity index is 0.00000225. The minimum atomic E-state index is -1.16. The SMILES string of the molecule is Nc1ccc(NC(=O)/C=C\C(=O)O)cc1.O. The molecule has 0 saturated heterocycles. The van der Waals surface area contributed by atoms with Gasteiger partial charge in [0.25, 0.3) is 0 Å². The Morgan fingerprint density at radius 2 is 1.75 bits per heavy atom. The first kappa shape index (κ1) is 13.7. The highest BCUT2D eigenvalue weighted by Gasteiger charge is 1.97. The predicted molar refractivity (Wildman–Crippen MR) is 59.9 cm³/mol. The molecule has 1 rings (SSSR count). The lowest BCUT2D eigenvalue weighted by molar-refractivity contribution is -0.131. The van der Waals surface area contributed by atoms with E-state index in [9.17, 15) is 9.59 Å². The van der Waals surface area contributed by atoms with E-state index in [4.69, 9.17) is 10.8 Å². The van der Waals surface area contributed by atoms with Crippen LogP contribution in [0, 0.1) is 0 Å². The number of anilines is 2. The number of benzene rings is 1. The molecule has 1 amide bonds. The predicted octanol–water partition coefficient (Wildman–Crippen LogP) is 0.0234. The maximum Gasteiger partial charge on any atom is 0.328 e. The quantitative estimate of drug-likeness (QED) is 0.494. The summed E-state index contributed by atoms with van der Waals surface area (Å²) in [6.45, 7) is 0. The lowest BCUT2D eigenvalue weighted by atomic mass is 10.3. The number of nitrogen functional groups attached to an aromatic ring is 1. The fourth-order valence-corrected chi connectivity index (χ4v) is 0.897. The molecule has 16 heavy (non-hydrogen) atoms. The molecule has 0 saturated carbocycles. The first-order valence-corrected chi connectivity index (χ1v) is 4.15. The van der Waals surface area contributed by atoms with Gasteiger partial charge in [0, 0.05) is 23.5 Å². The van der Waals surface area contributed by atoms with Gasteiger partial charge in [-0.2, -0.15) is 0 Å². The zero-order chi connectivity index (χ0) is 11.3. The van der Waals surface area contributed by atoms with Gasteiger partial charge in [-0.3, -0.25) is 4.79 Å². The van der Waals surface area contributed by atoms with Crippen molar-refractivity contribution in [2.24, 2.45) is 0 Å². The zero-order valence-corrected chi connectivity index (χ0v) is 8.31. The second-order valence-corrected chi connectivity index (χ2v) is 2.78. The van der Waals surface area contributed by atoms with Crippen molar-refractivity contribution in [2.45, 2.75) is 0 Å². The van der Waals surface area contributed by atoms with Crippen LogP contribution in [0.3, 0.4) is 0 Å². The number of carbonyl (C=O) groups is 2. The molecule has 1 aromatic rings. The van der Waals surface area contributed by atoms with Gasteiger partial charge >= 0.3 is 5.97 Å². The molecule has 1 aromatic carbocycles. The minimum Gasteiger partial charge on any atom is -0.478 e. The maximum atomic E-state index is 11.1. The van der Waals surface area contributed by atoms with E-state index < -0.39 is 11.9 Å². The van der Waals surface area contributed by atoms with Crippen molar-refractivity contribution in [3.05, 3.63) is 36.4 Å². The number of amides is 1. The van der Waals surface area contributed by atoms with Crippen LogP contribution < -0.4 is 11.1 Å². The number of carboxylic acids is 1. The van der Waals surface area contributed by atoms with E-state index in [0.717, 1.165) is 12.2 Å². The Morgan fingerprint density at radius 1 is 1.19 bits per heavy atom. The van der Waals surface area contributed by atoms with Gasteiger partial charge in [-0.05, 0) is 24.3 Å². The molecule has 0 radical (unpaired) electrons. The fourth-order valence-electron chi connectivity index (χ4n) is 0.897. The van der Waals surface area contributed by atoms with Crippen LogP contribution in [0.5, 0.6) is 0 Å². The Labute approximate surface area is 91.7 Å². The van der Waals surface area contributed by atoms with Crippen molar-refractivity contribution in [3.63, 3.8) is 0 Å². The van der Waals surface area contributed by atoms with Crippen LogP contribution in [0.4, 0.5) is 11.4 Å². The van der Waals surface area contributed by atoms with Crippen molar-refractivity contribution in [3.8, 4) is 0 Å². The molecule has 0 aromatic heterocycles. The Morgan fingerprint density at radius 3 is 2.25 bits per heavy atom. The van der Waals surface area contributed by atoms with E-state index in [1.807, 2.05) is 0 Å². The summed E-state index contributed by atoms with van der Waals surface area (Å²) in [5.74, 6) is -1.66. The van der Waals surface area contributed by atoms with Gasteiger partial charge in [0.15, 0.2) is 0 Å². The van der Waals surface area contributed by atoms with Crippen molar-refractivity contribution < 1.29 is 20.2 Å². The summed E-state index contributed by atoms with van der Waals surface area (Å²) >= 11 is 0. The summed E-state index contributed by atoms with van der Waals surface area (Å²) < 4.78 is 0. The fraction of sp³-hybridized carbons (Fsp3) is 0. The molecule has 0 aliphatic heterocycles. The van der Waals surface area contributed by atoms with E-state index in [-0.39, 0.29) is 5.48 Å². The Bertz CT molecular complexity index is 398. The summed E-state index contributed by atoms with van der Waals surface area (Å²) in [6.07, 6.45) is 1.71. The topological polar surface area (TPSA) is 124 Å². The number of hydrogen-bond acceptors (Lipinski definition) is 3. The van der Waals surface area contributed by atoms with Crippen LogP contribution in [-0.4, -0.2) is 22.5 Å². The molecule has 6 N–H and O–H groups in total. The summed E-state index contributed by atoms with van der Waals surface area (Å²) in [7, 11) is 0.